The molecule has 4 aromatic carbocycles. The number of nitrogens with zero attached hydrogens (tertiary/aromatic N) is 3. The average Bonchev–Trinajstić information content (AvgIpc) is 3.74. The van der Waals surface area contributed by atoms with E-state index in [0.717, 1.165) is 28.1 Å². The highest BCUT2D eigenvalue weighted by atomic mass is 32.1. The van der Waals surface area contributed by atoms with Crippen LogP contribution in [0.15, 0.2) is 107 Å². The van der Waals surface area contributed by atoms with Gasteiger partial charge in [-0.05, 0) is 71.0 Å². The van der Waals surface area contributed by atoms with Gasteiger partial charge in [-0.15, -0.1) is 0 Å². The van der Waals surface area contributed by atoms with Gasteiger partial charge in [0.15, 0.2) is 38.2 Å². The fourth-order valence-corrected chi connectivity index (χ4v) is 6.81. The van der Waals surface area contributed by atoms with Crippen molar-refractivity contribution in [3.8, 4) is 23.0 Å². The summed E-state index contributed by atoms with van der Waals surface area (Å²) in [4.78, 5) is 49.8. The Labute approximate surface area is 373 Å². The summed E-state index contributed by atoms with van der Waals surface area (Å²) in [5.74, 6) is 2.81. The van der Waals surface area contributed by atoms with Crippen molar-refractivity contribution in [1.29, 1.82) is 0 Å². The van der Waals surface area contributed by atoms with Gasteiger partial charge in [0.2, 0.25) is 5.91 Å². The van der Waals surface area contributed by atoms with Gasteiger partial charge in [-0.25, -0.2) is 4.98 Å². The third-order valence-electron chi connectivity index (χ3n) is 9.82. The van der Waals surface area contributed by atoms with Gasteiger partial charge < -0.3 is 35.0 Å². The zero-order chi connectivity index (χ0) is 45.2. The minimum Gasteiger partial charge on any atom is -0.493 e. The monoisotopic (exact) mass is 890 g/mol. The standard InChI is InChI=1S/C23H26N4O4S.C23H24N4O3S/c1-14(2)21(28)25-19-20(24)27(23(32)26-22(19)29)12-16-9-10-17(30-3)18(11-16)31-13-15-7-5-4-6-8-15;1-14(2)20-24-19-21(25-20)27(23(31)26-22(19)28)12-16-9-10-17(29-3)18(11-16)30-13-15-7-5-4-6-8-15/h4-11,14H,12-13,24H2,1-3H3,(H,25,28)(H,26,29,32);4-11,14H,12-13H2,1-3H3,(H,24,25)(H,26,28,31). The molecule has 15 nitrogen and oxygen atoms in total. The Morgan fingerprint density at radius 1 is 0.683 bits per heavy atom. The highest BCUT2D eigenvalue weighted by Gasteiger charge is 2.18. The van der Waals surface area contributed by atoms with E-state index >= 15 is 0 Å². The molecule has 0 aliphatic rings. The molecule has 0 unspecified atom stereocenters. The lowest BCUT2D eigenvalue weighted by Gasteiger charge is -2.17. The summed E-state index contributed by atoms with van der Waals surface area (Å²) in [5, 5.41) is 2.58. The largest absolute Gasteiger partial charge is 0.493 e. The zero-order valence-electron chi connectivity index (χ0n) is 35.8. The molecule has 7 rings (SSSR count). The Bertz CT molecular complexity index is 2940. The van der Waals surface area contributed by atoms with Crippen LogP contribution < -0.4 is 41.1 Å². The molecule has 7 aromatic rings. The van der Waals surface area contributed by atoms with Gasteiger partial charge in [0.05, 0.1) is 27.3 Å². The number of nitrogens with one attached hydrogen (secondary N) is 4. The predicted molar refractivity (Wildman–Crippen MR) is 249 cm³/mol. The zero-order valence-corrected chi connectivity index (χ0v) is 37.4. The molecule has 0 bridgehead atoms. The summed E-state index contributed by atoms with van der Waals surface area (Å²) < 4.78 is 26.7. The van der Waals surface area contributed by atoms with E-state index in [1.807, 2.05) is 109 Å². The van der Waals surface area contributed by atoms with Crippen molar-refractivity contribution < 1.29 is 23.7 Å². The molecule has 0 fully saturated rings. The Morgan fingerprint density at radius 2 is 1.17 bits per heavy atom. The number of anilines is 2. The lowest BCUT2D eigenvalue weighted by molar-refractivity contribution is -0.118. The molecule has 0 aliphatic heterocycles. The van der Waals surface area contributed by atoms with E-state index in [2.05, 4.69) is 25.3 Å². The van der Waals surface area contributed by atoms with Crippen molar-refractivity contribution >= 4 is 53.0 Å². The highest BCUT2D eigenvalue weighted by molar-refractivity contribution is 7.71. The smallest absolute Gasteiger partial charge is 0.277 e. The second kappa shape index (κ2) is 20.7. The van der Waals surface area contributed by atoms with Gasteiger partial charge in [-0.2, -0.15) is 0 Å². The van der Waals surface area contributed by atoms with Crippen molar-refractivity contribution in [2.24, 2.45) is 5.92 Å². The number of H-pyrrole nitrogens is 3. The predicted octanol–water partition coefficient (Wildman–Crippen LogP) is 8.26. The number of carbonyl (C=O) groups is 1. The Hall–Kier alpha value is -6.98. The second-order valence-corrected chi connectivity index (χ2v) is 15.9. The normalized spacial score (nSPS) is 11.0. The van der Waals surface area contributed by atoms with E-state index in [1.54, 1.807) is 38.7 Å². The lowest BCUT2D eigenvalue weighted by Crippen LogP contribution is -2.27. The maximum Gasteiger partial charge on any atom is 0.277 e. The molecule has 0 radical (unpaired) electrons. The number of amides is 1. The van der Waals surface area contributed by atoms with E-state index in [0.29, 0.717) is 58.7 Å². The van der Waals surface area contributed by atoms with E-state index in [-0.39, 0.29) is 46.1 Å². The van der Waals surface area contributed by atoms with E-state index in [4.69, 9.17) is 49.1 Å². The number of nitrogens with two attached hydrogens (primary N) is 1. The molecule has 0 saturated carbocycles. The van der Waals surface area contributed by atoms with Gasteiger partial charge in [0, 0.05) is 11.8 Å². The van der Waals surface area contributed by atoms with Crippen molar-refractivity contribution in [2.75, 3.05) is 25.3 Å². The van der Waals surface area contributed by atoms with Crippen LogP contribution in [0.4, 0.5) is 11.5 Å². The molecule has 0 spiro atoms. The molecule has 6 N–H and O–H groups in total. The molecule has 0 atom stereocenters. The molecular formula is C46H50N8O7S2. The number of fused-ring (bicyclic) bond motifs is 1. The van der Waals surface area contributed by atoms with Crippen LogP contribution in [0.2, 0.25) is 0 Å². The topological polar surface area (TPSA) is 196 Å². The molecule has 0 saturated heterocycles. The number of carbonyl (C=O) groups excluding carboxylic acids is 1. The van der Waals surface area contributed by atoms with Crippen LogP contribution in [-0.2, 0) is 31.1 Å². The summed E-state index contributed by atoms with van der Waals surface area (Å²) in [6.45, 7) is 8.99. The lowest BCUT2D eigenvalue weighted by atomic mass is 10.2. The summed E-state index contributed by atoms with van der Waals surface area (Å²) in [7, 11) is 3.19. The molecule has 3 heterocycles. The third-order valence-corrected chi connectivity index (χ3v) is 10.5. The van der Waals surface area contributed by atoms with Crippen molar-refractivity contribution in [3.05, 3.63) is 155 Å². The number of imidazole rings is 1. The summed E-state index contributed by atoms with van der Waals surface area (Å²) in [6, 6.07) is 31.0. The summed E-state index contributed by atoms with van der Waals surface area (Å²) in [6.07, 6.45) is 0. The van der Waals surface area contributed by atoms with Gasteiger partial charge in [0.25, 0.3) is 11.1 Å². The molecule has 63 heavy (non-hydrogen) atoms. The average molecular weight is 891 g/mol. The highest BCUT2D eigenvalue weighted by Crippen LogP contribution is 2.31. The minimum atomic E-state index is -0.542. The number of rotatable bonds is 15. The number of methoxy groups -OCH3 is 2. The van der Waals surface area contributed by atoms with Crippen molar-refractivity contribution in [3.63, 3.8) is 0 Å². The molecule has 3 aromatic heterocycles. The maximum atomic E-state index is 12.4. The number of hydrogen-bond donors (Lipinski definition) is 5. The van der Waals surface area contributed by atoms with Gasteiger partial charge in [0.1, 0.15) is 36.1 Å². The third kappa shape index (κ3) is 11.3. The van der Waals surface area contributed by atoms with Crippen LogP contribution in [0.1, 0.15) is 61.7 Å². The number of aromatic amines is 3. The first-order valence-corrected chi connectivity index (χ1v) is 20.9. The Morgan fingerprint density at radius 3 is 1.67 bits per heavy atom. The van der Waals surface area contributed by atoms with Gasteiger partial charge in [-0.3, -0.25) is 33.5 Å². The summed E-state index contributed by atoms with van der Waals surface area (Å²) in [5.41, 5.74) is 10.2. The second-order valence-electron chi connectivity index (χ2n) is 15.1. The number of hydrogen-bond acceptors (Lipinski definition) is 11. The van der Waals surface area contributed by atoms with E-state index < -0.39 is 5.56 Å². The van der Waals surface area contributed by atoms with E-state index in [9.17, 15) is 14.4 Å². The fraction of sp³-hybridized carbons (Fsp3) is 0.261. The van der Waals surface area contributed by atoms with Gasteiger partial charge >= 0.3 is 0 Å². The van der Waals surface area contributed by atoms with Crippen LogP contribution in [0, 0.1) is 15.5 Å². The first kappa shape index (κ1) is 45.5. The Kier molecular flexibility index (Phi) is 15.0. The van der Waals surface area contributed by atoms with Crippen LogP contribution in [0.3, 0.4) is 0 Å². The van der Waals surface area contributed by atoms with Crippen LogP contribution in [0.25, 0.3) is 11.2 Å². The molecular weight excluding hydrogens is 841 g/mol. The first-order chi connectivity index (χ1) is 30.3. The number of ether oxygens (including phenoxy) is 4. The fourth-order valence-electron chi connectivity index (χ4n) is 6.31. The van der Waals surface area contributed by atoms with Crippen LogP contribution >= 0.6 is 24.4 Å². The quantitative estimate of drug-likeness (QED) is 0.0622. The summed E-state index contributed by atoms with van der Waals surface area (Å²) >= 11 is 10.7. The first-order valence-electron chi connectivity index (χ1n) is 20.1. The molecule has 0 aliphatic carbocycles. The van der Waals surface area contributed by atoms with Crippen LogP contribution in [-0.4, -0.2) is 49.2 Å². The van der Waals surface area contributed by atoms with Crippen molar-refractivity contribution in [2.45, 2.75) is 59.9 Å². The molecule has 17 heteroatoms. The number of benzene rings is 4. The number of aromatic nitrogens is 6. The SMILES string of the molecule is COc1ccc(Cn2c(=S)[nH]c(=O)c3[nH]c(C(C)C)nc32)cc1OCc1ccccc1.COc1ccc(Cn2c(N)c(NC(=O)C(C)C)c(=O)[nH]c2=S)cc1OCc1ccccc1. The molecule has 328 valence electrons. The number of nitrogen functional groups attached to an aromatic ring is 1. The van der Waals surface area contributed by atoms with Gasteiger partial charge in [-0.1, -0.05) is 100 Å². The maximum absolute atomic E-state index is 12.4. The molecule has 1 amide bonds. The van der Waals surface area contributed by atoms with E-state index in [1.165, 1.54) is 0 Å². The van der Waals surface area contributed by atoms with Crippen LogP contribution in [0.5, 0.6) is 23.0 Å². The van der Waals surface area contributed by atoms with Crippen molar-refractivity contribution in [1.82, 2.24) is 29.1 Å². The minimum absolute atomic E-state index is 0.0219. The Balaban J connectivity index is 0.000000210.